The number of rotatable bonds is 8. The minimum atomic E-state index is -0.00721. The number of aliphatic hydroxyl groups excluding tert-OH is 1. The van der Waals surface area contributed by atoms with Crippen LogP contribution in [0, 0.1) is 5.41 Å². The van der Waals surface area contributed by atoms with E-state index in [0.29, 0.717) is 31.0 Å². The summed E-state index contributed by atoms with van der Waals surface area (Å²) in [6.45, 7) is 9.76. The SMILES string of the molecule is CCNC(=NCC1(CCO)CCOC1)NC1CC1c1ccc(C(C)C)cc1. The van der Waals surface area contributed by atoms with Crippen LogP contribution in [0.1, 0.15) is 63.0 Å². The highest BCUT2D eigenvalue weighted by Crippen LogP contribution is 2.41. The lowest BCUT2D eigenvalue weighted by molar-refractivity contribution is 0.131. The molecule has 1 aromatic carbocycles. The standard InChI is InChI=1S/C22H35N3O2/c1-4-23-21(24-14-22(9-11-26)10-12-27-15-22)25-20-13-19(20)18-7-5-17(6-8-18)16(2)3/h5-8,16,19-20,26H,4,9-15H2,1-3H3,(H2,23,24,25). The Morgan fingerprint density at radius 2 is 2.11 bits per heavy atom. The average Bonchev–Trinajstić information content (AvgIpc) is 3.28. The van der Waals surface area contributed by atoms with Gasteiger partial charge in [-0.25, -0.2) is 0 Å². The molecule has 3 atom stereocenters. The van der Waals surface area contributed by atoms with Crippen LogP contribution in [0.4, 0.5) is 0 Å². The first-order chi connectivity index (χ1) is 13.1. The molecule has 1 aliphatic carbocycles. The van der Waals surface area contributed by atoms with Crippen molar-refractivity contribution in [3.05, 3.63) is 35.4 Å². The van der Waals surface area contributed by atoms with E-state index in [4.69, 9.17) is 9.73 Å². The van der Waals surface area contributed by atoms with Crippen molar-refractivity contribution in [2.24, 2.45) is 10.4 Å². The van der Waals surface area contributed by atoms with Crippen molar-refractivity contribution in [1.82, 2.24) is 10.6 Å². The maximum absolute atomic E-state index is 9.40. The van der Waals surface area contributed by atoms with Gasteiger partial charge in [0.25, 0.3) is 0 Å². The summed E-state index contributed by atoms with van der Waals surface area (Å²) >= 11 is 0. The second kappa shape index (κ2) is 9.07. The van der Waals surface area contributed by atoms with Crippen LogP contribution >= 0.6 is 0 Å². The number of benzene rings is 1. The van der Waals surface area contributed by atoms with Crippen LogP contribution in [0.5, 0.6) is 0 Å². The molecule has 1 heterocycles. The van der Waals surface area contributed by atoms with Gasteiger partial charge in [-0.1, -0.05) is 38.1 Å². The molecule has 0 bridgehead atoms. The van der Waals surface area contributed by atoms with Crippen LogP contribution in [0.15, 0.2) is 29.3 Å². The number of aliphatic hydroxyl groups is 1. The van der Waals surface area contributed by atoms with Gasteiger partial charge in [0.1, 0.15) is 0 Å². The van der Waals surface area contributed by atoms with E-state index in [0.717, 1.165) is 38.4 Å². The van der Waals surface area contributed by atoms with Crippen molar-refractivity contribution in [3.8, 4) is 0 Å². The van der Waals surface area contributed by atoms with E-state index < -0.39 is 0 Å². The number of guanidine groups is 1. The maximum Gasteiger partial charge on any atom is 0.191 e. The van der Waals surface area contributed by atoms with Crippen molar-refractivity contribution in [2.75, 3.05) is 32.9 Å². The highest BCUT2D eigenvalue weighted by molar-refractivity contribution is 5.80. The molecule has 0 spiro atoms. The predicted octanol–water partition coefficient (Wildman–Crippen LogP) is 3.01. The summed E-state index contributed by atoms with van der Waals surface area (Å²) < 4.78 is 5.58. The van der Waals surface area contributed by atoms with Gasteiger partial charge < -0.3 is 20.5 Å². The summed E-state index contributed by atoms with van der Waals surface area (Å²) in [5.41, 5.74) is 2.80. The fourth-order valence-electron chi connectivity index (χ4n) is 3.88. The van der Waals surface area contributed by atoms with E-state index in [1.807, 2.05) is 0 Å². The molecule has 0 aromatic heterocycles. The molecule has 1 saturated carbocycles. The van der Waals surface area contributed by atoms with Gasteiger partial charge in [-0.2, -0.15) is 0 Å². The molecule has 2 fully saturated rings. The Kier molecular flexibility index (Phi) is 6.77. The summed E-state index contributed by atoms with van der Waals surface area (Å²) in [5.74, 6) is 2.02. The molecule has 1 aliphatic heterocycles. The van der Waals surface area contributed by atoms with Gasteiger partial charge in [0, 0.05) is 37.1 Å². The van der Waals surface area contributed by atoms with E-state index >= 15 is 0 Å². The third-order valence-electron chi connectivity index (χ3n) is 5.89. The van der Waals surface area contributed by atoms with Crippen LogP contribution < -0.4 is 10.6 Å². The Balaban J connectivity index is 1.58. The smallest absolute Gasteiger partial charge is 0.191 e. The Hall–Kier alpha value is -1.59. The lowest BCUT2D eigenvalue weighted by Gasteiger charge is -2.25. The van der Waals surface area contributed by atoms with Gasteiger partial charge in [0.15, 0.2) is 5.96 Å². The maximum atomic E-state index is 9.40. The first-order valence-electron chi connectivity index (χ1n) is 10.4. The van der Waals surface area contributed by atoms with Crippen LogP contribution in [-0.2, 0) is 4.74 Å². The highest BCUT2D eigenvalue weighted by atomic mass is 16.5. The summed E-state index contributed by atoms with van der Waals surface area (Å²) in [6, 6.07) is 9.51. The summed E-state index contributed by atoms with van der Waals surface area (Å²) in [4.78, 5) is 4.84. The van der Waals surface area contributed by atoms with E-state index in [1.165, 1.54) is 11.1 Å². The molecule has 2 aliphatic rings. The molecule has 0 radical (unpaired) electrons. The van der Waals surface area contributed by atoms with Crippen molar-refractivity contribution >= 4 is 5.96 Å². The number of aliphatic imine (C=N–C) groups is 1. The second-order valence-electron chi connectivity index (χ2n) is 8.39. The van der Waals surface area contributed by atoms with E-state index in [-0.39, 0.29) is 12.0 Å². The normalized spacial score (nSPS) is 27.8. The van der Waals surface area contributed by atoms with E-state index in [2.05, 4.69) is 55.7 Å². The molecule has 1 saturated heterocycles. The van der Waals surface area contributed by atoms with Gasteiger partial charge >= 0.3 is 0 Å². The van der Waals surface area contributed by atoms with Crippen LogP contribution in [0.3, 0.4) is 0 Å². The van der Waals surface area contributed by atoms with Gasteiger partial charge in [-0.05, 0) is 43.2 Å². The summed E-state index contributed by atoms with van der Waals surface area (Å²) in [5, 5.41) is 16.4. The minimum Gasteiger partial charge on any atom is -0.396 e. The number of nitrogens with one attached hydrogen (secondary N) is 2. The number of hydrogen-bond acceptors (Lipinski definition) is 3. The molecule has 150 valence electrons. The Labute approximate surface area is 163 Å². The highest BCUT2D eigenvalue weighted by Gasteiger charge is 2.39. The second-order valence-corrected chi connectivity index (χ2v) is 8.39. The Morgan fingerprint density at radius 3 is 2.70 bits per heavy atom. The lowest BCUT2D eigenvalue weighted by atomic mass is 9.84. The molecule has 5 nitrogen and oxygen atoms in total. The molecule has 0 amide bonds. The molecule has 5 heteroatoms. The van der Waals surface area contributed by atoms with Gasteiger partial charge in [-0.3, -0.25) is 4.99 Å². The summed E-state index contributed by atoms with van der Waals surface area (Å²) in [6.07, 6.45) is 2.88. The fraction of sp³-hybridized carbons (Fsp3) is 0.682. The number of hydrogen-bond donors (Lipinski definition) is 3. The molecular weight excluding hydrogens is 338 g/mol. The monoisotopic (exact) mass is 373 g/mol. The molecule has 1 aromatic rings. The first-order valence-corrected chi connectivity index (χ1v) is 10.4. The van der Waals surface area contributed by atoms with Gasteiger partial charge in [0.2, 0.25) is 0 Å². The largest absolute Gasteiger partial charge is 0.396 e. The van der Waals surface area contributed by atoms with Crippen molar-refractivity contribution in [3.63, 3.8) is 0 Å². The zero-order chi connectivity index (χ0) is 19.3. The number of ether oxygens (including phenoxy) is 1. The van der Waals surface area contributed by atoms with E-state index in [9.17, 15) is 5.11 Å². The molecule has 3 N–H and O–H groups in total. The third-order valence-corrected chi connectivity index (χ3v) is 5.89. The molecule has 27 heavy (non-hydrogen) atoms. The minimum absolute atomic E-state index is 0.00721. The van der Waals surface area contributed by atoms with Gasteiger partial charge in [-0.15, -0.1) is 0 Å². The Morgan fingerprint density at radius 1 is 1.33 bits per heavy atom. The fourth-order valence-corrected chi connectivity index (χ4v) is 3.88. The number of nitrogens with zero attached hydrogens (tertiary/aromatic N) is 1. The lowest BCUT2D eigenvalue weighted by Crippen LogP contribution is -2.40. The molecule has 3 unspecified atom stereocenters. The quantitative estimate of drug-likeness (QED) is 0.484. The van der Waals surface area contributed by atoms with Crippen molar-refractivity contribution in [1.29, 1.82) is 0 Å². The third kappa shape index (κ3) is 5.23. The average molecular weight is 374 g/mol. The summed E-state index contributed by atoms with van der Waals surface area (Å²) in [7, 11) is 0. The topological polar surface area (TPSA) is 65.9 Å². The van der Waals surface area contributed by atoms with Crippen LogP contribution in [0.25, 0.3) is 0 Å². The first kappa shape index (κ1) is 20.2. The zero-order valence-corrected chi connectivity index (χ0v) is 17.0. The van der Waals surface area contributed by atoms with Crippen LogP contribution in [0.2, 0.25) is 0 Å². The van der Waals surface area contributed by atoms with Gasteiger partial charge in [0.05, 0.1) is 13.2 Å². The van der Waals surface area contributed by atoms with Crippen molar-refractivity contribution < 1.29 is 9.84 Å². The predicted molar refractivity (Wildman–Crippen MR) is 110 cm³/mol. The van der Waals surface area contributed by atoms with E-state index in [1.54, 1.807) is 0 Å². The van der Waals surface area contributed by atoms with Crippen molar-refractivity contribution in [2.45, 2.75) is 57.9 Å². The Bertz CT molecular complexity index is 621. The zero-order valence-electron chi connectivity index (χ0n) is 17.0. The molecule has 3 rings (SSSR count). The molecular formula is C22H35N3O2. The van der Waals surface area contributed by atoms with Crippen LogP contribution in [-0.4, -0.2) is 50.0 Å².